The van der Waals surface area contributed by atoms with Gasteiger partial charge in [0, 0.05) is 10.4 Å². The maximum absolute atomic E-state index is 14.2. The van der Waals surface area contributed by atoms with Crippen LogP contribution in [0.1, 0.15) is 22.3 Å². The van der Waals surface area contributed by atoms with Gasteiger partial charge in [-0.2, -0.15) is 73.7 Å². The molecule has 48 heavy (non-hydrogen) atoms. The van der Waals surface area contributed by atoms with E-state index in [1.165, 1.54) is 24.3 Å². The van der Waals surface area contributed by atoms with E-state index in [1.807, 2.05) is 0 Å². The van der Waals surface area contributed by atoms with Crippen molar-refractivity contribution in [2.24, 2.45) is 20.4 Å². The third-order valence-corrected chi connectivity index (χ3v) is 6.99. The summed E-state index contributed by atoms with van der Waals surface area (Å²) in [7, 11) is 0. The molecule has 0 aromatic heterocycles. The molecule has 3 aromatic carbocycles. The molecule has 0 N–H and O–H groups in total. The predicted octanol–water partition coefficient (Wildman–Crippen LogP) is 6.09. The minimum absolute atomic E-state index is 0.196. The van der Waals surface area contributed by atoms with Gasteiger partial charge < -0.3 is 0 Å². The van der Waals surface area contributed by atoms with Gasteiger partial charge in [-0.25, -0.2) is 0 Å². The normalized spacial score (nSPS) is 15.4. The second-order valence-corrected chi connectivity index (χ2v) is 9.62. The van der Waals surface area contributed by atoms with Crippen molar-refractivity contribution in [2.45, 2.75) is 24.7 Å². The summed E-state index contributed by atoms with van der Waals surface area (Å²) in [5, 5.41) is 45.3. The molecule has 2 heterocycles. The van der Waals surface area contributed by atoms with Crippen LogP contribution in [-0.2, 0) is 24.7 Å². The Morgan fingerprint density at radius 2 is 0.562 bits per heavy atom. The maximum atomic E-state index is 14.2. The standard InChI is InChI=1S/C28H4F12N8/c29-25(30,31)13-1-9-10(2-14(13)26(32,33)34)22(24-19(7-43)47-48-20(24)8-44)12-4-16(28(38,39)40)15(27(35,36)37)3-11(12)21(9)23-17(5-41)45-46-18(23)6-42/h1-4H. The Bertz CT molecular complexity index is 2100. The third kappa shape index (κ3) is 5.13. The molecule has 0 unspecified atom stereocenters. The van der Waals surface area contributed by atoms with Crippen molar-refractivity contribution in [3.8, 4) is 24.3 Å². The first kappa shape index (κ1) is 33.1. The molecule has 0 bridgehead atoms. The summed E-state index contributed by atoms with van der Waals surface area (Å²) in [4.78, 5) is 0. The summed E-state index contributed by atoms with van der Waals surface area (Å²) >= 11 is 0. The third-order valence-electron chi connectivity index (χ3n) is 6.99. The number of nitrogens with zero attached hydrogens (tertiary/aromatic N) is 8. The Hall–Kier alpha value is -6.28. The van der Waals surface area contributed by atoms with Crippen LogP contribution in [0.3, 0.4) is 0 Å². The number of halogens is 12. The van der Waals surface area contributed by atoms with Gasteiger partial charge in [0.2, 0.25) is 0 Å². The second kappa shape index (κ2) is 10.6. The number of nitriles is 4. The first-order valence-corrected chi connectivity index (χ1v) is 12.3. The number of hydrogen-bond acceptors (Lipinski definition) is 8. The highest BCUT2D eigenvalue weighted by atomic mass is 19.4. The van der Waals surface area contributed by atoms with Crippen LogP contribution in [0.4, 0.5) is 52.7 Å². The molecule has 8 nitrogen and oxygen atoms in total. The largest absolute Gasteiger partial charge is 0.417 e. The van der Waals surface area contributed by atoms with E-state index in [0.717, 1.165) is 0 Å². The highest BCUT2D eigenvalue weighted by Gasteiger charge is 2.46. The Kier molecular flexibility index (Phi) is 7.33. The zero-order valence-electron chi connectivity index (χ0n) is 22.4. The minimum atomic E-state index is -5.83. The van der Waals surface area contributed by atoms with Crippen molar-refractivity contribution in [3.05, 3.63) is 57.0 Å². The second-order valence-electron chi connectivity index (χ2n) is 9.62. The van der Waals surface area contributed by atoms with Gasteiger partial charge >= 0.3 is 24.7 Å². The molecule has 0 radical (unpaired) electrons. The summed E-state index contributed by atoms with van der Waals surface area (Å²) in [6.45, 7) is 0. The average molecular weight is 680 g/mol. The molecule has 0 saturated heterocycles. The van der Waals surface area contributed by atoms with Crippen LogP contribution in [-0.4, -0.2) is 22.8 Å². The summed E-state index contributed by atoms with van der Waals surface area (Å²) in [6.07, 6.45) is -23.3. The summed E-state index contributed by atoms with van der Waals surface area (Å²) in [5.74, 6) is 0. The van der Waals surface area contributed by atoms with Gasteiger partial charge in [-0.1, -0.05) is 0 Å². The maximum Gasteiger partial charge on any atom is 0.417 e. The highest BCUT2D eigenvalue weighted by Crippen LogP contribution is 2.44. The quantitative estimate of drug-likeness (QED) is 0.209. The van der Waals surface area contributed by atoms with Gasteiger partial charge in [-0.3, -0.25) is 0 Å². The lowest BCUT2D eigenvalue weighted by Crippen LogP contribution is -2.28. The van der Waals surface area contributed by atoms with Crippen LogP contribution in [0.15, 0.2) is 44.7 Å². The van der Waals surface area contributed by atoms with Gasteiger partial charge in [-0.15, -0.1) is 20.4 Å². The van der Waals surface area contributed by atoms with Crippen molar-refractivity contribution in [2.75, 3.05) is 0 Å². The molecule has 0 saturated carbocycles. The summed E-state index contributed by atoms with van der Waals surface area (Å²) < 4.78 is 170. The molecular formula is C28H4F12N8. The van der Waals surface area contributed by atoms with Crippen molar-refractivity contribution in [1.82, 2.24) is 0 Å². The van der Waals surface area contributed by atoms with E-state index in [4.69, 9.17) is 0 Å². The van der Waals surface area contributed by atoms with Crippen molar-refractivity contribution in [1.29, 1.82) is 21.0 Å². The fourth-order valence-electron chi connectivity index (χ4n) is 5.20. The molecule has 3 aromatic rings. The zero-order chi connectivity index (χ0) is 35.7. The number of fused-ring (bicyclic) bond motifs is 2. The lowest BCUT2D eigenvalue weighted by Gasteiger charge is -2.21. The lowest BCUT2D eigenvalue weighted by molar-refractivity contribution is -0.161. The molecule has 0 fully saturated rings. The van der Waals surface area contributed by atoms with E-state index in [0.29, 0.717) is 0 Å². The van der Waals surface area contributed by atoms with Gasteiger partial charge in [0.15, 0.2) is 22.8 Å². The Labute approximate surface area is 256 Å². The highest BCUT2D eigenvalue weighted by molar-refractivity contribution is 6.56. The first-order valence-electron chi connectivity index (χ1n) is 12.3. The SMILES string of the molecule is N#CC1=NN=C(C#N)C1=c1c2cc(C(F)(F)F)c(C(F)(F)F)cc2c(=C2C(C#N)=NN=C2C#N)c2cc(C(F)(F)F)c(C(F)(F)F)cc12. The Morgan fingerprint density at radius 1 is 0.375 bits per heavy atom. The zero-order valence-corrected chi connectivity index (χ0v) is 22.4. The Balaban J connectivity index is 2.38. The topological polar surface area (TPSA) is 145 Å². The van der Waals surface area contributed by atoms with Crippen LogP contribution in [0.5, 0.6) is 0 Å². The summed E-state index contributed by atoms with van der Waals surface area (Å²) in [6, 6.07) is 4.75. The van der Waals surface area contributed by atoms with Crippen LogP contribution < -0.4 is 10.4 Å². The molecule has 0 spiro atoms. The fraction of sp³-hybridized carbons (Fsp3) is 0.143. The number of benzene rings is 3. The smallest absolute Gasteiger partial charge is 0.191 e. The van der Waals surface area contributed by atoms with E-state index in [2.05, 4.69) is 20.4 Å². The van der Waals surface area contributed by atoms with E-state index >= 15 is 0 Å². The molecule has 0 amide bonds. The van der Waals surface area contributed by atoms with Crippen LogP contribution in [0.25, 0.3) is 32.7 Å². The van der Waals surface area contributed by atoms with Gasteiger partial charge in [-0.05, 0) is 45.8 Å². The Morgan fingerprint density at radius 3 is 0.708 bits per heavy atom. The van der Waals surface area contributed by atoms with Crippen molar-refractivity contribution in [3.63, 3.8) is 0 Å². The van der Waals surface area contributed by atoms with Gasteiger partial charge in [0.25, 0.3) is 0 Å². The average Bonchev–Trinajstić information content (AvgIpc) is 3.59. The molecule has 2 aliphatic heterocycles. The van der Waals surface area contributed by atoms with Crippen LogP contribution in [0.2, 0.25) is 0 Å². The molecular weight excluding hydrogens is 676 g/mol. The molecule has 20 heteroatoms. The predicted molar refractivity (Wildman–Crippen MR) is 140 cm³/mol. The molecule has 2 aliphatic rings. The first-order chi connectivity index (χ1) is 22.2. The minimum Gasteiger partial charge on any atom is -0.191 e. The summed E-state index contributed by atoms with van der Waals surface area (Å²) in [5.41, 5.74) is -15.4. The fourth-order valence-corrected chi connectivity index (χ4v) is 5.20. The van der Waals surface area contributed by atoms with Crippen molar-refractivity contribution < 1.29 is 52.7 Å². The van der Waals surface area contributed by atoms with Gasteiger partial charge in [0.05, 0.1) is 33.4 Å². The molecule has 0 atom stereocenters. The van der Waals surface area contributed by atoms with Crippen molar-refractivity contribution >= 4 is 55.5 Å². The van der Waals surface area contributed by atoms with E-state index < -0.39 is 113 Å². The van der Waals surface area contributed by atoms with Crippen LogP contribution >= 0.6 is 0 Å². The van der Waals surface area contributed by atoms with Crippen LogP contribution in [0, 0.1) is 45.3 Å². The van der Waals surface area contributed by atoms with E-state index in [1.54, 1.807) is 0 Å². The van der Waals surface area contributed by atoms with E-state index in [-0.39, 0.29) is 24.3 Å². The number of hydrogen-bond donors (Lipinski definition) is 0. The molecule has 0 aliphatic carbocycles. The molecule has 5 rings (SSSR count). The van der Waals surface area contributed by atoms with Gasteiger partial charge in [0.1, 0.15) is 24.3 Å². The number of rotatable bonds is 0. The van der Waals surface area contributed by atoms with E-state index in [9.17, 15) is 73.7 Å². The monoisotopic (exact) mass is 680 g/mol. The number of alkyl halides is 12. The lowest BCUT2D eigenvalue weighted by atomic mass is 9.86. The molecule has 240 valence electrons.